The molecule has 6 nitrogen and oxygen atoms in total. The molecule has 0 atom stereocenters. The highest BCUT2D eigenvalue weighted by Crippen LogP contribution is 2.31. The molecule has 0 saturated heterocycles. The van der Waals surface area contributed by atoms with E-state index in [4.69, 9.17) is 9.47 Å². The van der Waals surface area contributed by atoms with Gasteiger partial charge in [-0.1, -0.05) is 13.8 Å². The van der Waals surface area contributed by atoms with Crippen LogP contribution in [0.4, 0.5) is 0 Å². The third kappa shape index (κ3) is 3.10. The van der Waals surface area contributed by atoms with Gasteiger partial charge in [-0.3, -0.25) is 0 Å². The molecule has 3 aromatic rings. The minimum absolute atomic E-state index is 0.459. The second-order valence-electron chi connectivity index (χ2n) is 5.20. The number of fused-ring (bicyclic) bond motifs is 1. The van der Waals surface area contributed by atoms with Crippen molar-refractivity contribution in [3.8, 4) is 22.9 Å². The minimum atomic E-state index is 0.459. The van der Waals surface area contributed by atoms with Crippen LogP contribution in [0.15, 0.2) is 35.4 Å². The van der Waals surface area contributed by atoms with Gasteiger partial charge in [0.05, 0.1) is 14.2 Å². The Hall–Kier alpha value is -2.28. The lowest BCUT2D eigenvalue weighted by Crippen LogP contribution is -1.99. The van der Waals surface area contributed by atoms with Gasteiger partial charge in [0.1, 0.15) is 5.03 Å². The second-order valence-corrected chi connectivity index (χ2v) is 6.80. The maximum absolute atomic E-state index is 5.36. The van der Waals surface area contributed by atoms with E-state index in [1.807, 2.05) is 30.3 Å². The van der Waals surface area contributed by atoms with Crippen molar-refractivity contribution >= 4 is 17.4 Å². The molecule has 2 heterocycles. The zero-order valence-corrected chi connectivity index (χ0v) is 14.3. The predicted octanol–water partition coefficient (Wildman–Crippen LogP) is 3.31. The Bertz CT molecular complexity index is 832. The van der Waals surface area contributed by atoms with E-state index in [0.717, 1.165) is 10.6 Å². The summed E-state index contributed by atoms with van der Waals surface area (Å²) in [6.07, 6.45) is 0. The predicted molar refractivity (Wildman–Crippen MR) is 90.3 cm³/mol. The molecule has 0 aliphatic rings. The third-order valence-electron chi connectivity index (χ3n) is 3.24. The van der Waals surface area contributed by atoms with Gasteiger partial charge >= 0.3 is 0 Å². The van der Waals surface area contributed by atoms with E-state index in [1.165, 1.54) is 0 Å². The van der Waals surface area contributed by atoms with Gasteiger partial charge in [0.15, 0.2) is 23.0 Å². The zero-order chi connectivity index (χ0) is 16.4. The summed E-state index contributed by atoms with van der Waals surface area (Å²) in [5.74, 6) is 2.00. The number of thioether (sulfide) groups is 1. The molecule has 0 N–H and O–H groups in total. The first-order valence-electron chi connectivity index (χ1n) is 7.24. The lowest BCUT2D eigenvalue weighted by Gasteiger charge is -2.09. The topological polar surface area (TPSA) is 61.5 Å². The molecule has 0 unspecified atom stereocenters. The van der Waals surface area contributed by atoms with Gasteiger partial charge < -0.3 is 9.47 Å². The number of rotatable bonds is 5. The number of hydrogen-bond donors (Lipinski definition) is 0. The van der Waals surface area contributed by atoms with Gasteiger partial charge in [0, 0.05) is 10.8 Å². The lowest BCUT2D eigenvalue weighted by atomic mass is 10.2. The first-order chi connectivity index (χ1) is 11.1. The van der Waals surface area contributed by atoms with Crippen LogP contribution < -0.4 is 9.47 Å². The summed E-state index contributed by atoms with van der Waals surface area (Å²) in [7, 11) is 3.22. The van der Waals surface area contributed by atoms with Crippen LogP contribution >= 0.6 is 11.8 Å². The van der Waals surface area contributed by atoms with Crippen LogP contribution in [0.2, 0.25) is 0 Å². The fraction of sp³-hybridized carbons (Fsp3) is 0.312. The fourth-order valence-corrected chi connectivity index (χ4v) is 2.99. The van der Waals surface area contributed by atoms with E-state index in [2.05, 4.69) is 29.1 Å². The molecule has 23 heavy (non-hydrogen) atoms. The standard InChI is InChI=1S/C16H18N4O2S/c1-10(2)23-15-8-7-14-17-18-16(20(14)19-15)11-5-6-12(21-3)13(9-11)22-4/h5-10H,1-4H3. The van der Waals surface area contributed by atoms with Crippen molar-refractivity contribution in [3.05, 3.63) is 30.3 Å². The largest absolute Gasteiger partial charge is 0.493 e. The Labute approximate surface area is 138 Å². The number of methoxy groups -OCH3 is 2. The van der Waals surface area contributed by atoms with E-state index in [9.17, 15) is 0 Å². The van der Waals surface area contributed by atoms with Crippen molar-refractivity contribution in [2.75, 3.05) is 14.2 Å². The second kappa shape index (κ2) is 6.45. The molecule has 3 rings (SSSR count). The summed E-state index contributed by atoms with van der Waals surface area (Å²) >= 11 is 1.70. The summed E-state index contributed by atoms with van der Waals surface area (Å²) in [5, 5.41) is 14.5. The van der Waals surface area contributed by atoms with Crippen LogP contribution in [-0.2, 0) is 0 Å². The summed E-state index contributed by atoms with van der Waals surface area (Å²) in [6, 6.07) is 9.53. The van der Waals surface area contributed by atoms with Crippen molar-refractivity contribution < 1.29 is 9.47 Å². The van der Waals surface area contributed by atoms with Gasteiger partial charge in [-0.15, -0.1) is 22.0 Å². The molecule has 120 valence electrons. The number of ether oxygens (including phenoxy) is 2. The summed E-state index contributed by atoms with van der Waals surface area (Å²) in [6.45, 7) is 4.27. The molecule has 0 fully saturated rings. The van der Waals surface area contributed by atoms with E-state index >= 15 is 0 Å². The van der Waals surface area contributed by atoms with Crippen LogP contribution in [0.25, 0.3) is 17.0 Å². The monoisotopic (exact) mass is 330 g/mol. The Balaban J connectivity index is 2.08. The van der Waals surface area contributed by atoms with Crippen molar-refractivity contribution in [1.82, 2.24) is 19.8 Å². The average Bonchev–Trinajstić information content (AvgIpc) is 2.96. The Morgan fingerprint density at radius 3 is 2.48 bits per heavy atom. The van der Waals surface area contributed by atoms with Crippen LogP contribution in [0.3, 0.4) is 0 Å². The Kier molecular flexibility index (Phi) is 4.38. The first kappa shape index (κ1) is 15.6. The Morgan fingerprint density at radius 2 is 1.78 bits per heavy atom. The first-order valence-corrected chi connectivity index (χ1v) is 8.12. The molecule has 0 bridgehead atoms. The molecule has 7 heteroatoms. The molecule has 0 radical (unpaired) electrons. The fourth-order valence-electron chi connectivity index (χ4n) is 2.23. The smallest absolute Gasteiger partial charge is 0.185 e. The van der Waals surface area contributed by atoms with Crippen LogP contribution in [0.1, 0.15) is 13.8 Å². The molecule has 0 aliphatic heterocycles. The number of hydrogen-bond acceptors (Lipinski definition) is 6. The lowest BCUT2D eigenvalue weighted by molar-refractivity contribution is 0.355. The Morgan fingerprint density at radius 1 is 1.00 bits per heavy atom. The molecule has 0 saturated carbocycles. The quantitative estimate of drug-likeness (QED) is 0.669. The molecular formula is C16H18N4O2S. The van der Waals surface area contributed by atoms with Gasteiger partial charge in [-0.25, -0.2) is 0 Å². The van der Waals surface area contributed by atoms with E-state index in [0.29, 0.717) is 28.2 Å². The van der Waals surface area contributed by atoms with Crippen molar-refractivity contribution in [1.29, 1.82) is 0 Å². The SMILES string of the molecule is COc1ccc(-c2nnc3ccc(SC(C)C)nn23)cc1OC. The van der Waals surface area contributed by atoms with Crippen LogP contribution in [0.5, 0.6) is 11.5 Å². The molecule has 2 aromatic heterocycles. The van der Waals surface area contributed by atoms with Crippen LogP contribution in [0, 0.1) is 0 Å². The highest BCUT2D eigenvalue weighted by Gasteiger charge is 2.13. The van der Waals surface area contributed by atoms with Gasteiger partial charge in [-0.2, -0.15) is 9.61 Å². The van der Waals surface area contributed by atoms with E-state index in [-0.39, 0.29) is 0 Å². The van der Waals surface area contributed by atoms with Gasteiger partial charge in [0.25, 0.3) is 0 Å². The van der Waals surface area contributed by atoms with Crippen molar-refractivity contribution in [2.24, 2.45) is 0 Å². The number of benzene rings is 1. The van der Waals surface area contributed by atoms with Crippen molar-refractivity contribution in [2.45, 2.75) is 24.1 Å². The summed E-state index contributed by atoms with van der Waals surface area (Å²) in [4.78, 5) is 0. The van der Waals surface area contributed by atoms with E-state index < -0.39 is 0 Å². The maximum atomic E-state index is 5.36. The van der Waals surface area contributed by atoms with Gasteiger partial charge in [0.2, 0.25) is 0 Å². The number of aromatic nitrogens is 4. The summed E-state index contributed by atoms with van der Waals surface area (Å²) in [5.41, 5.74) is 1.58. The van der Waals surface area contributed by atoms with Crippen LogP contribution in [-0.4, -0.2) is 39.3 Å². The average molecular weight is 330 g/mol. The molecule has 0 aliphatic carbocycles. The van der Waals surface area contributed by atoms with Crippen molar-refractivity contribution in [3.63, 3.8) is 0 Å². The molecule has 0 spiro atoms. The molecule has 0 amide bonds. The molecule has 1 aromatic carbocycles. The maximum Gasteiger partial charge on any atom is 0.185 e. The van der Waals surface area contributed by atoms with E-state index in [1.54, 1.807) is 30.5 Å². The zero-order valence-electron chi connectivity index (χ0n) is 13.5. The number of nitrogens with zero attached hydrogens (tertiary/aromatic N) is 4. The van der Waals surface area contributed by atoms with Gasteiger partial charge in [-0.05, 0) is 30.3 Å². The molecular weight excluding hydrogens is 312 g/mol. The minimum Gasteiger partial charge on any atom is -0.493 e. The highest BCUT2D eigenvalue weighted by molar-refractivity contribution is 7.99. The highest BCUT2D eigenvalue weighted by atomic mass is 32.2. The third-order valence-corrected chi connectivity index (χ3v) is 4.17. The normalized spacial score (nSPS) is 11.2. The summed E-state index contributed by atoms with van der Waals surface area (Å²) < 4.78 is 12.4.